The van der Waals surface area contributed by atoms with Crippen molar-refractivity contribution in [2.24, 2.45) is 0 Å². The van der Waals surface area contributed by atoms with Crippen LogP contribution in [0.2, 0.25) is 0 Å². The lowest BCUT2D eigenvalue weighted by Gasteiger charge is -2.05. The van der Waals surface area contributed by atoms with Crippen molar-refractivity contribution in [1.82, 2.24) is 9.97 Å². The molecule has 8 heteroatoms. The van der Waals surface area contributed by atoms with Crippen molar-refractivity contribution < 1.29 is 12.6 Å². The number of rotatable bonds is 2. The largest absolute Gasteiger partial charge is 0.380 e. The van der Waals surface area contributed by atoms with E-state index >= 15 is 0 Å². The first-order chi connectivity index (χ1) is 7.87. The normalized spacial score (nSPS) is 11.6. The Balaban J connectivity index is 2.82. The number of H-pyrrole nitrogens is 2. The Morgan fingerprint density at radius 3 is 2.53 bits per heavy atom. The summed E-state index contributed by atoms with van der Waals surface area (Å²) in [5, 5.41) is 0.144. The van der Waals surface area contributed by atoms with Crippen molar-refractivity contribution in [3.05, 3.63) is 39.0 Å². The lowest BCUT2D eigenvalue weighted by Crippen LogP contribution is -2.22. The molecule has 0 saturated heterocycles. The summed E-state index contributed by atoms with van der Waals surface area (Å²) < 4.78 is 26.7. The lowest BCUT2D eigenvalue weighted by molar-refractivity contribution is 0.495. The Hall–Kier alpha value is -2.09. The zero-order chi connectivity index (χ0) is 12.6. The quantitative estimate of drug-likeness (QED) is 0.707. The van der Waals surface area contributed by atoms with Gasteiger partial charge in [-0.1, -0.05) is 6.07 Å². The predicted molar refractivity (Wildman–Crippen MR) is 60.7 cm³/mol. The SMILES string of the molecule is CS(=O)(=O)Oc1cccc2c(=O)[nH]c(=O)[nH]c12. The van der Waals surface area contributed by atoms with Gasteiger partial charge in [-0.05, 0) is 12.1 Å². The van der Waals surface area contributed by atoms with Crippen LogP contribution in [0.15, 0.2) is 27.8 Å². The van der Waals surface area contributed by atoms with E-state index in [2.05, 4.69) is 9.17 Å². The summed E-state index contributed by atoms with van der Waals surface area (Å²) in [5.74, 6) is -0.0896. The first-order valence-electron chi connectivity index (χ1n) is 4.51. The van der Waals surface area contributed by atoms with Gasteiger partial charge in [-0.3, -0.25) is 9.78 Å². The molecule has 90 valence electrons. The summed E-state index contributed by atoms with van der Waals surface area (Å²) in [4.78, 5) is 26.9. The molecule has 0 spiro atoms. The third-order valence-electron chi connectivity index (χ3n) is 1.98. The van der Waals surface area contributed by atoms with Crippen LogP contribution >= 0.6 is 0 Å². The monoisotopic (exact) mass is 256 g/mol. The number of nitrogens with one attached hydrogen (secondary N) is 2. The standard InChI is InChI=1S/C9H8N2O5S/c1-17(14,15)16-6-4-2-3-5-7(6)10-9(13)11-8(5)12/h2-4H,1H3,(H2,10,11,12,13). The Labute approximate surface area is 95.2 Å². The van der Waals surface area contributed by atoms with Crippen molar-refractivity contribution in [3.63, 3.8) is 0 Å². The third kappa shape index (κ3) is 2.36. The van der Waals surface area contributed by atoms with E-state index in [4.69, 9.17) is 0 Å². The Morgan fingerprint density at radius 2 is 1.88 bits per heavy atom. The van der Waals surface area contributed by atoms with Crippen LogP contribution in [0.5, 0.6) is 5.75 Å². The maximum atomic E-state index is 11.4. The highest BCUT2D eigenvalue weighted by Gasteiger charge is 2.10. The second-order valence-electron chi connectivity index (χ2n) is 3.37. The zero-order valence-electron chi connectivity index (χ0n) is 8.68. The van der Waals surface area contributed by atoms with Crippen molar-refractivity contribution in [3.8, 4) is 5.75 Å². The molecule has 0 amide bonds. The molecule has 0 bridgehead atoms. The summed E-state index contributed by atoms with van der Waals surface area (Å²) in [5.41, 5.74) is -1.29. The van der Waals surface area contributed by atoms with E-state index in [1.54, 1.807) is 0 Å². The minimum Gasteiger partial charge on any atom is -0.380 e. The average Bonchev–Trinajstić information content (AvgIpc) is 2.17. The van der Waals surface area contributed by atoms with Crippen LogP contribution in [0.4, 0.5) is 0 Å². The molecule has 0 aliphatic rings. The fraction of sp³-hybridized carbons (Fsp3) is 0.111. The summed E-state index contributed by atoms with van der Waals surface area (Å²) in [7, 11) is -3.73. The molecule has 17 heavy (non-hydrogen) atoms. The summed E-state index contributed by atoms with van der Waals surface area (Å²) in [6, 6.07) is 4.24. The van der Waals surface area contributed by atoms with Gasteiger partial charge in [0, 0.05) is 0 Å². The van der Waals surface area contributed by atoms with Crippen LogP contribution in [-0.4, -0.2) is 24.6 Å². The fourth-order valence-electron chi connectivity index (χ4n) is 1.40. The van der Waals surface area contributed by atoms with Crippen molar-refractivity contribution in [2.45, 2.75) is 0 Å². The molecule has 2 N–H and O–H groups in total. The van der Waals surface area contributed by atoms with Crippen LogP contribution in [0.1, 0.15) is 0 Å². The van der Waals surface area contributed by atoms with Gasteiger partial charge in [-0.25, -0.2) is 4.79 Å². The first kappa shape index (κ1) is 11.4. The average molecular weight is 256 g/mol. The Morgan fingerprint density at radius 1 is 1.18 bits per heavy atom. The molecule has 1 aromatic heterocycles. The molecule has 0 aliphatic carbocycles. The number of aromatic nitrogens is 2. The molecule has 0 aliphatic heterocycles. The highest BCUT2D eigenvalue weighted by atomic mass is 32.2. The van der Waals surface area contributed by atoms with Gasteiger partial charge in [0.2, 0.25) is 0 Å². The molecular formula is C9H8N2O5S. The van der Waals surface area contributed by atoms with E-state index in [0.29, 0.717) is 0 Å². The number of hydrogen-bond donors (Lipinski definition) is 2. The van der Waals surface area contributed by atoms with Gasteiger partial charge in [-0.15, -0.1) is 0 Å². The molecule has 1 heterocycles. The molecule has 0 atom stereocenters. The van der Waals surface area contributed by atoms with Crippen LogP contribution < -0.4 is 15.4 Å². The van der Waals surface area contributed by atoms with E-state index < -0.39 is 21.4 Å². The van der Waals surface area contributed by atoms with Crippen molar-refractivity contribution in [1.29, 1.82) is 0 Å². The summed E-state index contributed by atoms with van der Waals surface area (Å²) in [6.07, 6.45) is 0.872. The number of fused-ring (bicyclic) bond motifs is 1. The van der Waals surface area contributed by atoms with Crippen LogP contribution in [0.3, 0.4) is 0 Å². The first-order valence-corrected chi connectivity index (χ1v) is 6.33. The molecule has 0 unspecified atom stereocenters. The maximum Gasteiger partial charge on any atom is 0.326 e. The van der Waals surface area contributed by atoms with Gasteiger partial charge in [0.25, 0.3) is 5.56 Å². The molecule has 2 rings (SSSR count). The third-order valence-corrected chi connectivity index (χ3v) is 2.46. The molecule has 0 radical (unpaired) electrons. The van der Waals surface area contributed by atoms with E-state index in [-0.39, 0.29) is 16.7 Å². The molecule has 2 aromatic rings. The van der Waals surface area contributed by atoms with Gasteiger partial charge < -0.3 is 9.17 Å². The number of hydrogen-bond acceptors (Lipinski definition) is 5. The summed E-state index contributed by atoms with van der Waals surface area (Å²) >= 11 is 0. The second-order valence-corrected chi connectivity index (χ2v) is 4.95. The second kappa shape index (κ2) is 3.74. The maximum absolute atomic E-state index is 11.4. The van der Waals surface area contributed by atoms with E-state index in [1.807, 2.05) is 4.98 Å². The van der Waals surface area contributed by atoms with E-state index in [9.17, 15) is 18.0 Å². The van der Waals surface area contributed by atoms with Gasteiger partial charge in [0.1, 0.15) is 0 Å². The van der Waals surface area contributed by atoms with Crippen LogP contribution in [-0.2, 0) is 10.1 Å². The highest BCUT2D eigenvalue weighted by molar-refractivity contribution is 7.86. The topological polar surface area (TPSA) is 109 Å². The van der Waals surface area contributed by atoms with Gasteiger partial charge >= 0.3 is 15.8 Å². The molecule has 7 nitrogen and oxygen atoms in total. The van der Waals surface area contributed by atoms with Gasteiger partial charge in [0.15, 0.2) is 5.75 Å². The number of aromatic amines is 2. The zero-order valence-corrected chi connectivity index (χ0v) is 9.50. The molecule has 0 saturated carbocycles. The number of benzene rings is 1. The highest BCUT2D eigenvalue weighted by Crippen LogP contribution is 2.21. The smallest absolute Gasteiger partial charge is 0.326 e. The lowest BCUT2D eigenvalue weighted by atomic mass is 10.2. The Bertz CT molecular complexity index is 787. The molecular weight excluding hydrogens is 248 g/mol. The van der Waals surface area contributed by atoms with E-state index in [1.165, 1.54) is 18.2 Å². The summed E-state index contributed by atoms with van der Waals surface area (Å²) in [6.45, 7) is 0. The van der Waals surface area contributed by atoms with Gasteiger partial charge in [0.05, 0.1) is 17.2 Å². The Kier molecular flexibility index (Phi) is 2.50. The van der Waals surface area contributed by atoms with Crippen molar-refractivity contribution >= 4 is 21.0 Å². The fourth-order valence-corrected chi connectivity index (χ4v) is 1.86. The number of para-hydroxylation sites is 1. The predicted octanol–water partition coefficient (Wildman–Crippen LogP) is -0.445. The molecule has 1 aromatic carbocycles. The van der Waals surface area contributed by atoms with Crippen molar-refractivity contribution in [2.75, 3.05) is 6.26 Å². The van der Waals surface area contributed by atoms with Gasteiger partial charge in [-0.2, -0.15) is 8.42 Å². The van der Waals surface area contributed by atoms with E-state index in [0.717, 1.165) is 6.26 Å². The minimum absolute atomic E-state index is 0.0478. The molecule has 0 fully saturated rings. The van der Waals surface area contributed by atoms with Crippen LogP contribution in [0.25, 0.3) is 10.9 Å². The minimum atomic E-state index is -3.73. The van der Waals surface area contributed by atoms with Crippen LogP contribution in [0, 0.1) is 0 Å².